The number of hydrogen-bond donors (Lipinski definition) is 0. The van der Waals surface area contributed by atoms with E-state index in [1.165, 1.54) is 10.8 Å². The van der Waals surface area contributed by atoms with Gasteiger partial charge in [-0.25, -0.2) is 9.78 Å². The van der Waals surface area contributed by atoms with Gasteiger partial charge in [-0.3, -0.25) is 14.3 Å². The Kier molecular flexibility index (Phi) is 4.75. The van der Waals surface area contributed by atoms with Gasteiger partial charge >= 0.3 is 5.69 Å². The summed E-state index contributed by atoms with van der Waals surface area (Å²) in [5.74, 6) is 0.795. The van der Waals surface area contributed by atoms with Gasteiger partial charge in [-0.2, -0.15) is 0 Å². The highest BCUT2D eigenvalue weighted by Crippen LogP contribution is 2.16. The number of aryl methyl sites for hydroxylation is 2. The van der Waals surface area contributed by atoms with E-state index in [1.54, 1.807) is 17.2 Å². The van der Waals surface area contributed by atoms with Gasteiger partial charge in [-0.1, -0.05) is 5.16 Å². The number of carbonyl (C=O) groups excluding carboxylic acids is 1. The van der Waals surface area contributed by atoms with Crippen LogP contribution in [0.2, 0.25) is 0 Å². The Morgan fingerprint density at radius 3 is 2.62 bits per heavy atom. The number of amides is 1. The largest absolute Gasteiger partial charge is 0.361 e. The molecule has 3 heterocycles. The highest BCUT2D eigenvalue weighted by Gasteiger charge is 2.23. The minimum Gasteiger partial charge on any atom is -0.361 e. The zero-order valence-electron chi connectivity index (χ0n) is 13.9. The normalized spacial score (nSPS) is 15.7. The van der Waals surface area contributed by atoms with Crippen molar-refractivity contribution >= 4 is 5.91 Å². The van der Waals surface area contributed by atoms with E-state index < -0.39 is 5.69 Å². The molecule has 0 radical (unpaired) electrons. The number of aromatic nitrogens is 3. The molecular weight excluding hydrogens is 310 g/mol. The second kappa shape index (κ2) is 6.96. The van der Waals surface area contributed by atoms with Crippen molar-refractivity contribution in [3.05, 3.63) is 46.0 Å². The van der Waals surface area contributed by atoms with Crippen molar-refractivity contribution in [2.24, 2.45) is 0 Å². The van der Waals surface area contributed by atoms with Gasteiger partial charge in [-0.05, 0) is 19.9 Å². The predicted octanol–water partition coefficient (Wildman–Crippen LogP) is 0.193. The lowest BCUT2D eigenvalue weighted by atomic mass is 10.2. The first-order valence-electron chi connectivity index (χ1n) is 7.98. The summed E-state index contributed by atoms with van der Waals surface area (Å²) in [6, 6.07) is 1.65. The first-order valence-corrected chi connectivity index (χ1v) is 7.98. The number of piperazine rings is 1. The van der Waals surface area contributed by atoms with E-state index in [4.69, 9.17) is 4.52 Å². The molecule has 0 saturated carbocycles. The van der Waals surface area contributed by atoms with E-state index in [2.05, 4.69) is 15.0 Å². The van der Waals surface area contributed by atoms with Crippen molar-refractivity contribution in [1.82, 2.24) is 24.5 Å². The first-order chi connectivity index (χ1) is 11.5. The quantitative estimate of drug-likeness (QED) is 0.795. The fourth-order valence-electron chi connectivity index (χ4n) is 2.86. The Hall–Kier alpha value is -2.48. The van der Waals surface area contributed by atoms with Gasteiger partial charge in [0.05, 0.1) is 5.69 Å². The Morgan fingerprint density at radius 2 is 2.00 bits per heavy atom. The van der Waals surface area contributed by atoms with Crippen LogP contribution in [0.5, 0.6) is 0 Å². The molecule has 0 spiro atoms. The standard InChI is InChI=1S/C16H21N5O3/c1-12-14(13(2)24-18-12)10-19-6-8-20(9-7-19)15(22)11-21-5-3-4-17-16(21)23/h3-5H,6-11H2,1-2H3. The summed E-state index contributed by atoms with van der Waals surface area (Å²) in [7, 11) is 0. The molecule has 1 amide bonds. The van der Waals surface area contributed by atoms with Crippen molar-refractivity contribution in [3.8, 4) is 0 Å². The van der Waals surface area contributed by atoms with Crippen LogP contribution in [0.1, 0.15) is 17.0 Å². The molecular formula is C16H21N5O3. The average molecular weight is 331 g/mol. The van der Waals surface area contributed by atoms with Gasteiger partial charge < -0.3 is 9.42 Å². The minimum atomic E-state index is -0.400. The molecule has 0 atom stereocenters. The highest BCUT2D eigenvalue weighted by molar-refractivity contribution is 5.76. The third-order valence-corrected chi connectivity index (χ3v) is 4.38. The Morgan fingerprint density at radius 1 is 1.25 bits per heavy atom. The SMILES string of the molecule is Cc1noc(C)c1CN1CCN(C(=O)Cn2cccnc2=O)CC1. The van der Waals surface area contributed by atoms with Gasteiger partial charge in [0.2, 0.25) is 5.91 Å². The lowest BCUT2D eigenvalue weighted by Gasteiger charge is -2.34. The highest BCUT2D eigenvalue weighted by atomic mass is 16.5. The molecule has 0 unspecified atom stereocenters. The van der Waals surface area contributed by atoms with E-state index in [0.29, 0.717) is 13.1 Å². The van der Waals surface area contributed by atoms with Crippen molar-refractivity contribution < 1.29 is 9.32 Å². The van der Waals surface area contributed by atoms with Gasteiger partial charge in [0.25, 0.3) is 0 Å². The molecule has 2 aromatic heterocycles. The van der Waals surface area contributed by atoms with Gasteiger partial charge in [-0.15, -0.1) is 0 Å². The zero-order chi connectivity index (χ0) is 17.1. The van der Waals surface area contributed by atoms with Crippen molar-refractivity contribution in [2.45, 2.75) is 26.9 Å². The van der Waals surface area contributed by atoms with Crippen LogP contribution in [-0.2, 0) is 17.9 Å². The van der Waals surface area contributed by atoms with E-state index in [1.807, 2.05) is 13.8 Å². The molecule has 0 aliphatic carbocycles. The molecule has 8 nitrogen and oxygen atoms in total. The van der Waals surface area contributed by atoms with E-state index in [9.17, 15) is 9.59 Å². The molecule has 0 aromatic carbocycles. The third-order valence-electron chi connectivity index (χ3n) is 4.38. The Labute approximate surface area is 139 Å². The van der Waals surface area contributed by atoms with Gasteiger partial charge in [0.1, 0.15) is 12.3 Å². The molecule has 8 heteroatoms. The number of rotatable bonds is 4. The molecule has 24 heavy (non-hydrogen) atoms. The molecule has 1 aliphatic heterocycles. The molecule has 0 N–H and O–H groups in total. The summed E-state index contributed by atoms with van der Waals surface area (Å²) < 4.78 is 6.53. The van der Waals surface area contributed by atoms with Crippen molar-refractivity contribution in [2.75, 3.05) is 26.2 Å². The van der Waals surface area contributed by atoms with Gasteiger partial charge in [0.15, 0.2) is 0 Å². The van der Waals surface area contributed by atoms with E-state index >= 15 is 0 Å². The van der Waals surface area contributed by atoms with Crippen LogP contribution >= 0.6 is 0 Å². The molecule has 128 valence electrons. The number of carbonyl (C=O) groups is 1. The maximum absolute atomic E-state index is 12.3. The summed E-state index contributed by atoms with van der Waals surface area (Å²) >= 11 is 0. The van der Waals surface area contributed by atoms with Crippen LogP contribution < -0.4 is 5.69 Å². The Balaban J connectivity index is 1.54. The molecule has 0 bridgehead atoms. The average Bonchev–Trinajstić information content (AvgIpc) is 2.89. The smallest absolute Gasteiger partial charge is 0.347 e. The summed E-state index contributed by atoms with van der Waals surface area (Å²) in [6.07, 6.45) is 3.01. The summed E-state index contributed by atoms with van der Waals surface area (Å²) in [5.41, 5.74) is 1.64. The first kappa shape index (κ1) is 16.4. The number of nitrogens with zero attached hydrogens (tertiary/aromatic N) is 5. The molecule has 3 rings (SSSR count). The molecule has 2 aromatic rings. The van der Waals surface area contributed by atoms with E-state index in [-0.39, 0.29) is 12.5 Å². The maximum atomic E-state index is 12.3. The fraction of sp³-hybridized carbons (Fsp3) is 0.500. The lowest BCUT2D eigenvalue weighted by molar-refractivity contribution is -0.133. The van der Waals surface area contributed by atoms with Crippen molar-refractivity contribution in [3.63, 3.8) is 0 Å². The molecule has 1 saturated heterocycles. The lowest BCUT2D eigenvalue weighted by Crippen LogP contribution is -2.49. The fourth-order valence-corrected chi connectivity index (χ4v) is 2.86. The van der Waals surface area contributed by atoms with Crippen LogP contribution in [0.15, 0.2) is 27.8 Å². The van der Waals surface area contributed by atoms with E-state index in [0.717, 1.165) is 36.7 Å². The molecule has 1 aliphatic rings. The van der Waals surface area contributed by atoms with Gasteiger partial charge in [0, 0.05) is 50.7 Å². The van der Waals surface area contributed by atoms with Crippen LogP contribution in [0, 0.1) is 13.8 Å². The Bertz CT molecular complexity index is 755. The summed E-state index contributed by atoms with van der Waals surface area (Å²) in [6.45, 7) is 7.56. The van der Waals surface area contributed by atoms with Crippen LogP contribution in [0.3, 0.4) is 0 Å². The topological polar surface area (TPSA) is 84.5 Å². The second-order valence-corrected chi connectivity index (χ2v) is 5.99. The molecule has 1 fully saturated rings. The van der Waals surface area contributed by atoms with Crippen LogP contribution in [0.25, 0.3) is 0 Å². The third kappa shape index (κ3) is 3.53. The maximum Gasteiger partial charge on any atom is 0.347 e. The van der Waals surface area contributed by atoms with Crippen molar-refractivity contribution in [1.29, 1.82) is 0 Å². The monoisotopic (exact) mass is 331 g/mol. The second-order valence-electron chi connectivity index (χ2n) is 5.99. The van der Waals surface area contributed by atoms with Crippen LogP contribution in [-0.4, -0.2) is 56.6 Å². The zero-order valence-corrected chi connectivity index (χ0v) is 13.9. The summed E-state index contributed by atoms with van der Waals surface area (Å²) in [4.78, 5) is 31.7. The predicted molar refractivity (Wildman–Crippen MR) is 86.3 cm³/mol. The number of hydrogen-bond acceptors (Lipinski definition) is 6. The minimum absolute atomic E-state index is 0.0382. The van der Waals surface area contributed by atoms with Crippen LogP contribution in [0.4, 0.5) is 0 Å². The summed E-state index contributed by atoms with van der Waals surface area (Å²) in [5, 5.41) is 3.98.